The molecule has 2 nitrogen and oxygen atoms in total. The molecular weight excluding hydrogens is 324 g/mol. The van der Waals surface area contributed by atoms with E-state index in [9.17, 15) is 13.2 Å². The largest absolute Gasteiger partial charge is 0.416 e. The molecule has 0 fully saturated rings. The first-order chi connectivity index (χ1) is 9.81. The van der Waals surface area contributed by atoms with Gasteiger partial charge in [0.25, 0.3) is 0 Å². The summed E-state index contributed by atoms with van der Waals surface area (Å²) < 4.78 is 37.8. The van der Waals surface area contributed by atoms with Gasteiger partial charge >= 0.3 is 6.18 Å². The number of halogens is 5. The van der Waals surface area contributed by atoms with Crippen molar-refractivity contribution < 1.29 is 13.2 Å². The number of rotatable bonds is 2. The first kappa shape index (κ1) is 15.5. The number of nitrogens with zero attached hydrogens (tertiary/aromatic N) is 1. The quantitative estimate of drug-likeness (QED) is 0.774. The SMILES string of the molecule is N#Cc1cc(C(F)(F)F)ccc1Nc1ccc(Cl)cc1Cl. The molecule has 2 aromatic rings. The molecule has 0 radical (unpaired) electrons. The van der Waals surface area contributed by atoms with Gasteiger partial charge in [-0.1, -0.05) is 23.2 Å². The summed E-state index contributed by atoms with van der Waals surface area (Å²) in [6.45, 7) is 0. The maximum atomic E-state index is 12.6. The Kier molecular flexibility index (Phi) is 4.31. The van der Waals surface area contributed by atoms with Crippen molar-refractivity contribution in [2.24, 2.45) is 0 Å². The van der Waals surface area contributed by atoms with E-state index in [-0.39, 0.29) is 11.3 Å². The van der Waals surface area contributed by atoms with Crippen molar-refractivity contribution in [3.05, 3.63) is 57.6 Å². The molecule has 0 aliphatic rings. The van der Waals surface area contributed by atoms with Crippen LogP contribution in [0.4, 0.5) is 24.5 Å². The molecule has 0 heterocycles. The van der Waals surface area contributed by atoms with E-state index in [4.69, 9.17) is 28.5 Å². The summed E-state index contributed by atoms with van der Waals surface area (Å²) in [5, 5.41) is 12.5. The predicted octanol–water partition coefficient (Wildman–Crippen LogP) is 5.63. The van der Waals surface area contributed by atoms with Gasteiger partial charge in [0.2, 0.25) is 0 Å². The van der Waals surface area contributed by atoms with Crippen LogP contribution in [0.1, 0.15) is 11.1 Å². The van der Waals surface area contributed by atoms with Crippen LogP contribution < -0.4 is 5.32 Å². The molecule has 108 valence electrons. The molecule has 0 atom stereocenters. The molecule has 0 aliphatic carbocycles. The molecule has 0 unspecified atom stereocenters. The number of alkyl halides is 3. The van der Waals surface area contributed by atoms with Gasteiger partial charge in [-0.25, -0.2) is 0 Å². The topological polar surface area (TPSA) is 35.8 Å². The highest BCUT2D eigenvalue weighted by atomic mass is 35.5. The summed E-state index contributed by atoms with van der Waals surface area (Å²) in [5.41, 5.74) is -0.338. The molecule has 1 N–H and O–H groups in total. The van der Waals surface area contributed by atoms with E-state index in [1.54, 1.807) is 18.2 Å². The highest BCUT2D eigenvalue weighted by Crippen LogP contribution is 2.34. The fourth-order valence-electron chi connectivity index (χ4n) is 1.66. The van der Waals surface area contributed by atoms with Crippen LogP contribution in [0.15, 0.2) is 36.4 Å². The Morgan fingerprint density at radius 1 is 1.00 bits per heavy atom. The van der Waals surface area contributed by atoms with Gasteiger partial charge in [0, 0.05) is 5.02 Å². The summed E-state index contributed by atoms with van der Waals surface area (Å²) >= 11 is 11.7. The molecule has 0 spiro atoms. The molecule has 0 saturated heterocycles. The zero-order chi connectivity index (χ0) is 15.6. The van der Waals surface area contributed by atoms with Crippen LogP contribution >= 0.6 is 23.2 Å². The summed E-state index contributed by atoms with van der Waals surface area (Å²) in [6.07, 6.45) is -4.50. The summed E-state index contributed by atoms with van der Waals surface area (Å²) in [6, 6.07) is 9.23. The van der Waals surface area contributed by atoms with Gasteiger partial charge in [-0.05, 0) is 36.4 Å². The van der Waals surface area contributed by atoms with Crippen LogP contribution in [-0.2, 0) is 6.18 Å². The van der Waals surface area contributed by atoms with Crippen molar-refractivity contribution in [2.45, 2.75) is 6.18 Å². The lowest BCUT2D eigenvalue weighted by Gasteiger charge is -2.12. The number of hydrogen-bond acceptors (Lipinski definition) is 2. The van der Waals surface area contributed by atoms with Gasteiger partial charge in [-0.2, -0.15) is 18.4 Å². The lowest BCUT2D eigenvalue weighted by molar-refractivity contribution is -0.137. The normalized spacial score (nSPS) is 11.0. The van der Waals surface area contributed by atoms with Crippen molar-refractivity contribution in [3.63, 3.8) is 0 Å². The highest BCUT2D eigenvalue weighted by Gasteiger charge is 2.31. The number of nitriles is 1. The third-order valence-electron chi connectivity index (χ3n) is 2.67. The zero-order valence-corrected chi connectivity index (χ0v) is 11.8. The summed E-state index contributed by atoms with van der Waals surface area (Å²) in [4.78, 5) is 0. The maximum Gasteiger partial charge on any atom is 0.416 e. The second-order valence-corrected chi connectivity index (χ2v) is 4.96. The lowest BCUT2D eigenvalue weighted by atomic mass is 10.1. The van der Waals surface area contributed by atoms with Crippen LogP contribution in [-0.4, -0.2) is 0 Å². The minimum atomic E-state index is -4.50. The molecule has 0 saturated carbocycles. The molecule has 2 rings (SSSR count). The average Bonchev–Trinajstić information content (AvgIpc) is 2.41. The Morgan fingerprint density at radius 3 is 2.24 bits per heavy atom. The van der Waals surface area contributed by atoms with Gasteiger partial charge in [0.1, 0.15) is 6.07 Å². The first-order valence-corrected chi connectivity index (χ1v) is 6.40. The van der Waals surface area contributed by atoms with Crippen molar-refractivity contribution in [1.29, 1.82) is 5.26 Å². The third-order valence-corrected chi connectivity index (χ3v) is 3.22. The van der Waals surface area contributed by atoms with E-state index in [1.165, 1.54) is 12.1 Å². The fourth-order valence-corrected chi connectivity index (χ4v) is 2.11. The summed E-state index contributed by atoms with van der Waals surface area (Å²) in [7, 11) is 0. The average molecular weight is 331 g/mol. The lowest BCUT2D eigenvalue weighted by Crippen LogP contribution is -2.06. The van der Waals surface area contributed by atoms with Crippen LogP contribution in [0.3, 0.4) is 0 Å². The van der Waals surface area contributed by atoms with Gasteiger partial charge in [-0.15, -0.1) is 0 Å². The molecule has 21 heavy (non-hydrogen) atoms. The van der Waals surface area contributed by atoms with Crippen LogP contribution in [0, 0.1) is 11.3 Å². The summed E-state index contributed by atoms with van der Waals surface area (Å²) in [5.74, 6) is 0. The fraction of sp³-hybridized carbons (Fsp3) is 0.0714. The van der Waals surface area contributed by atoms with Crippen molar-refractivity contribution in [1.82, 2.24) is 0 Å². The molecule has 0 aromatic heterocycles. The van der Waals surface area contributed by atoms with Gasteiger partial charge in [0.05, 0.1) is 27.5 Å². The van der Waals surface area contributed by atoms with E-state index in [0.29, 0.717) is 15.7 Å². The Bertz CT molecular complexity index is 721. The predicted molar refractivity (Wildman–Crippen MR) is 75.9 cm³/mol. The molecule has 2 aromatic carbocycles. The minimum absolute atomic E-state index is 0.129. The number of benzene rings is 2. The van der Waals surface area contributed by atoms with Crippen LogP contribution in [0.5, 0.6) is 0 Å². The van der Waals surface area contributed by atoms with Gasteiger partial charge < -0.3 is 5.32 Å². The van der Waals surface area contributed by atoms with Gasteiger partial charge in [-0.3, -0.25) is 0 Å². The van der Waals surface area contributed by atoms with Crippen molar-refractivity contribution >= 4 is 34.6 Å². The van der Waals surface area contributed by atoms with E-state index in [0.717, 1.165) is 12.1 Å². The number of anilines is 2. The Hall–Kier alpha value is -1.90. The number of nitrogens with one attached hydrogen (secondary N) is 1. The second-order valence-electron chi connectivity index (χ2n) is 4.12. The molecule has 0 aliphatic heterocycles. The minimum Gasteiger partial charge on any atom is -0.353 e. The standard InChI is InChI=1S/C14H7Cl2F3N2/c15-10-2-4-13(11(16)6-10)21-12-3-1-9(14(17,18)19)5-8(12)7-20/h1-6,21H. The number of hydrogen-bond donors (Lipinski definition) is 1. The molecular formula is C14H7Cl2F3N2. The second kappa shape index (κ2) is 5.84. The highest BCUT2D eigenvalue weighted by molar-refractivity contribution is 6.36. The Morgan fingerprint density at radius 2 is 1.67 bits per heavy atom. The van der Waals surface area contributed by atoms with Crippen LogP contribution in [0.25, 0.3) is 0 Å². The smallest absolute Gasteiger partial charge is 0.353 e. The zero-order valence-electron chi connectivity index (χ0n) is 10.3. The van der Waals surface area contributed by atoms with Crippen LogP contribution in [0.2, 0.25) is 10.0 Å². The monoisotopic (exact) mass is 330 g/mol. The van der Waals surface area contributed by atoms with E-state index in [1.807, 2.05) is 0 Å². The third kappa shape index (κ3) is 3.60. The molecule has 7 heteroatoms. The first-order valence-electron chi connectivity index (χ1n) is 5.64. The Balaban J connectivity index is 2.39. The van der Waals surface area contributed by atoms with E-state index >= 15 is 0 Å². The molecule has 0 amide bonds. The van der Waals surface area contributed by atoms with Crippen molar-refractivity contribution in [3.8, 4) is 6.07 Å². The van der Waals surface area contributed by atoms with Crippen molar-refractivity contribution in [2.75, 3.05) is 5.32 Å². The van der Waals surface area contributed by atoms with Gasteiger partial charge in [0.15, 0.2) is 0 Å². The van der Waals surface area contributed by atoms with E-state index < -0.39 is 11.7 Å². The van der Waals surface area contributed by atoms with E-state index in [2.05, 4.69) is 5.32 Å². The Labute approximate surface area is 128 Å². The maximum absolute atomic E-state index is 12.6. The molecule has 0 bridgehead atoms.